The largest absolute Gasteiger partial charge is 0.401 e. The molecule has 11 nitrogen and oxygen atoms in total. The van der Waals surface area contributed by atoms with Crippen molar-refractivity contribution < 1.29 is 24.8 Å². The zero-order chi connectivity index (χ0) is 23.0. The molecule has 0 unspecified atom stereocenters. The van der Waals surface area contributed by atoms with Crippen molar-refractivity contribution in [2.24, 2.45) is 5.73 Å². The van der Waals surface area contributed by atoms with Gasteiger partial charge in [-0.15, -0.1) is 5.10 Å². The molecule has 0 atom stereocenters. The van der Waals surface area contributed by atoms with E-state index in [2.05, 4.69) is 25.5 Å². The van der Waals surface area contributed by atoms with Gasteiger partial charge < -0.3 is 15.9 Å². The Morgan fingerprint density at radius 3 is 2.42 bits per heavy atom. The van der Waals surface area contributed by atoms with Crippen molar-refractivity contribution in [1.29, 1.82) is 0 Å². The van der Waals surface area contributed by atoms with Crippen LogP contribution in [0.5, 0.6) is 0 Å². The van der Waals surface area contributed by atoms with Gasteiger partial charge in [0.2, 0.25) is 5.91 Å². The van der Waals surface area contributed by atoms with Crippen molar-refractivity contribution in [3.05, 3.63) is 30.5 Å². The van der Waals surface area contributed by atoms with Crippen LogP contribution >= 0.6 is 0 Å². The molecule has 0 radical (unpaired) electrons. The van der Waals surface area contributed by atoms with Crippen LogP contribution in [0.3, 0.4) is 0 Å². The standard InChI is InChI=1S/C19H23N7O4S.5H2/c1-10(2)31(28,29)12-7-5-11(6-8-12)13-9-22-15(20)14(23-13)16-25-26-18(30-16)24-17(27)19(3,4)21;;;;;/h5-10H,21H2,1-4H3,(H2,20,22)(H,24,26,27);5*1H. The normalized spacial score (nSPS) is 12.2. The number of anilines is 2. The quantitative estimate of drug-likeness (QED) is 0.500. The average Bonchev–Trinajstić information content (AvgIpc) is 3.16. The van der Waals surface area contributed by atoms with Gasteiger partial charge in [0.1, 0.15) is 0 Å². The zero-order valence-corrected chi connectivity index (χ0v) is 18.3. The van der Waals surface area contributed by atoms with Crippen LogP contribution in [0.1, 0.15) is 34.8 Å². The predicted octanol–water partition coefficient (Wildman–Crippen LogP) is 2.86. The van der Waals surface area contributed by atoms with Gasteiger partial charge in [0, 0.05) is 12.7 Å². The maximum absolute atomic E-state index is 12.3. The van der Waals surface area contributed by atoms with E-state index in [9.17, 15) is 13.2 Å². The third-order valence-corrected chi connectivity index (χ3v) is 6.50. The van der Waals surface area contributed by atoms with E-state index in [-0.39, 0.29) is 35.4 Å². The van der Waals surface area contributed by atoms with Gasteiger partial charge in [-0.05, 0) is 39.8 Å². The third-order valence-electron chi connectivity index (χ3n) is 4.33. The van der Waals surface area contributed by atoms with Gasteiger partial charge in [-0.3, -0.25) is 10.1 Å². The Morgan fingerprint density at radius 2 is 1.84 bits per heavy atom. The Bertz CT molecular complexity index is 1230. The zero-order valence-electron chi connectivity index (χ0n) is 17.4. The Morgan fingerprint density at radius 1 is 1.19 bits per heavy atom. The first-order chi connectivity index (χ1) is 14.4. The van der Waals surface area contributed by atoms with Crippen LogP contribution in [0.4, 0.5) is 11.8 Å². The van der Waals surface area contributed by atoms with Crippen molar-refractivity contribution in [2.75, 3.05) is 11.1 Å². The minimum Gasteiger partial charge on any atom is -0.401 e. The van der Waals surface area contributed by atoms with Crippen molar-refractivity contribution in [3.63, 3.8) is 0 Å². The van der Waals surface area contributed by atoms with E-state index >= 15 is 0 Å². The molecule has 174 valence electrons. The summed E-state index contributed by atoms with van der Waals surface area (Å²) < 4.78 is 30.0. The molecule has 0 aliphatic heterocycles. The summed E-state index contributed by atoms with van der Waals surface area (Å²) in [5.41, 5.74) is 11.7. The monoisotopic (exact) mass is 455 g/mol. The molecule has 0 bridgehead atoms. The van der Waals surface area contributed by atoms with E-state index in [1.807, 2.05) is 0 Å². The fraction of sp³-hybridized carbons (Fsp3) is 0.316. The van der Waals surface area contributed by atoms with E-state index in [1.54, 1.807) is 26.0 Å². The van der Waals surface area contributed by atoms with Crippen LogP contribution in [-0.2, 0) is 14.6 Å². The number of nitrogens with zero attached hydrogens (tertiary/aromatic N) is 4. The molecule has 2 aromatic heterocycles. The van der Waals surface area contributed by atoms with Gasteiger partial charge >= 0.3 is 6.01 Å². The van der Waals surface area contributed by atoms with Gasteiger partial charge in [0.05, 0.1) is 27.6 Å². The number of nitrogens with one attached hydrogen (secondary N) is 1. The highest BCUT2D eigenvalue weighted by Gasteiger charge is 2.25. The van der Waals surface area contributed by atoms with Crippen LogP contribution in [0.2, 0.25) is 0 Å². The molecule has 0 aliphatic carbocycles. The van der Waals surface area contributed by atoms with Crippen LogP contribution in [0, 0.1) is 0 Å². The highest BCUT2D eigenvalue weighted by atomic mass is 32.2. The van der Waals surface area contributed by atoms with Gasteiger partial charge in [0.15, 0.2) is 21.3 Å². The van der Waals surface area contributed by atoms with Crippen LogP contribution in [-0.4, -0.2) is 45.3 Å². The molecule has 2 heterocycles. The first kappa shape index (κ1) is 22.3. The first-order valence-electron chi connectivity index (χ1n) is 9.30. The van der Waals surface area contributed by atoms with Crippen molar-refractivity contribution in [2.45, 2.75) is 43.4 Å². The van der Waals surface area contributed by atoms with Crippen molar-refractivity contribution >= 4 is 27.6 Å². The number of nitrogen functional groups attached to an aromatic ring is 1. The third kappa shape index (κ3) is 4.70. The second-order valence-corrected chi connectivity index (χ2v) is 10.2. The minimum absolute atomic E-state index is 0. The number of hydrogen-bond acceptors (Lipinski definition) is 10. The molecule has 0 spiro atoms. The molecule has 0 aliphatic rings. The van der Waals surface area contributed by atoms with Crippen LogP contribution in [0.15, 0.2) is 39.8 Å². The second kappa shape index (κ2) is 8.04. The number of amides is 1. The summed E-state index contributed by atoms with van der Waals surface area (Å²) in [6.45, 7) is 6.31. The van der Waals surface area contributed by atoms with E-state index in [4.69, 9.17) is 15.9 Å². The molecule has 5 N–H and O–H groups in total. The Labute approximate surface area is 186 Å². The smallest absolute Gasteiger partial charge is 0.322 e. The molecular formula is C19H33N7O4S. The summed E-state index contributed by atoms with van der Waals surface area (Å²) in [7, 11) is -3.38. The predicted molar refractivity (Wildman–Crippen MR) is 125 cm³/mol. The summed E-state index contributed by atoms with van der Waals surface area (Å²) in [6, 6.07) is 6.12. The number of sulfone groups is 1. The molecular weight excluding hydrogens is 422 g/mol. The SMILES string of the molecule is CC(C)S(=O)(=O)c1ccc(-c2cnc(N)c(-c3nnc(NC(=O)C(C)(C)N)o3)n2)cc1.[HH].[HH].[HH].[HH].[HH]. The topological polar surface area (TPSA) is 180 Å². The lowest BCUT2D eigenvalue weighted by atomic mass is 10.1. The Hall–Kier alpha value is -3.38. The number of hydrogen-bond donors (Lipinski definition) is 3. The lowest BCUT2D eigenvalue weighted by molar-refractivity contribution is -0.120. The maximum atomic E-state index is 12.3. The molecule has 0 saturated heterocycles. The second-order valence-electron chi connectivity index (χ2n) is 7.70. The molecule has 31 heavy (non-hydrogen) atoms. The summed E-state index contributed by atoms with van der Waals surface area (Å²) >= 11 is 0. The molecule has 0 fully saturated rings. The number of rotatable bonds is 6. The van der Waals surface area contributed by atoms with Crippen LogP contribution in [0.25, 0.3) is 22.8 Å². The highest BCUT2D eigenvalue weighted by molar-refractivity contribution is 7.92. The van der Waals surface area contributed by atoms with E-state index in [1.165, 1.54) is 32.2 Å². The molecule has 3 rings (SSSR count). The number of aromatic nitrogens is 4. The van der Waals surface area contributed by atoms with Gasteiger partial charge in [-0.1, -0.05) is 17.2 Å². The molecule has 3 aromatic rings. The maximum Gasteiger partial charge on any atom is 0.322 e. The first-order valence-corrected chi connectivity index (χ1v) is 10.9. The molecule has 12 heteroatoms. The van der Waals surface area contributed by atoms with Crippen molar-refractivity contribution in [1.82, 2.24) is 20.2 Å². The summed E-state index contributed by atoms with van der Waals surface area (Å²) in [5, 5.41) is 9.49. The molecule has 0 saturated carbocycles. The fourth-order valence-corrected chi connectivity index (χ4v) is 3.47. The summed E-state index contributed by atoms with van der Waals surface area (Å²) in [4.78, 5) is 20.7. The van der Waals surface area contributed by atoms with E-state index in [0.29, 0.717) is 11.3 Å². The van der Waals surface area contributed by atoms with Crippen molar-refractivity contribution in [3.8, 4) is 22.8 Å². The lowest BCUT2D eigenvalue weighted by Crippen LogP contribution is -2.45. The van der Waals surface area contributed by atoms with Crippen LogP contribution < -0.4 is 16.8 Å². The molecule has 1 amide bonds. The number of carbonyl (C=O) groups excluding carboxylic acids is 1. The Balaban J connectivity index is -0.00000218. The minimum atomic E-state index is -3.38. The average molecular weight is 456 g/mol. The highest BCUT2D eigenvalue weighted by Crippen LogP contribution is 2.27. The fourth-order valence-electron chi connectivity index (χ4n) is 2.41. The number of benzene rings is 1. The molecule has 1 aromatic carbocycles. The lowest BCUT2D eigenvalue weighted by Gasteiger charge is -2.15. The Kier molecular flexibility index (Phi) is 5.79. The number of carbonyl (C=O) groups is 1. The summed E-state index contributed by atoms with van der Waals surface area (Å²) in [6.07, 6.45) is 1.45. The summed E-state index contributed by atoms with van der Waals surface area (Å²) in [5.74, 6) is -0.508. The van der Waals surface area contributed by atoms with Gasteiger partial charge in [-0.25, -0.2) is 18.4 Å². The van der Waals surface area contributed by atoms with Gasteiger partial charge in [0.25, 0.3) is 5.89 Å². The van der Waals surface area contributed by atoms with E-state index < -0.39 is 26.5 Å². The van der Waals surface area contributed by atoms with Gasteiger partial charge in [-0.2, -0.15) is 0 Å². The van der Waals surface area contributed by atoms with E-state index in [0.717, 1.165) is 0 Å². The number of nitrogens with two attached hydrogens (primary N) is 2.